The Morgan fingerprint density at radius 3 is 2.71 bits per heavy atom. The number of thioether (sulfide) groups is 1. The molecule has 0 bridgehead atoms. The molecule has 4 nitrogen and oxygen atoms in total. The molecule has 6 heteroatoms. The molecule has 3 N–H and O–H groups in total. The van der Waals surface area contributed by atoms with Crippen LogP contribution >= 0.6 is 11.8 Å². The van der Waals surface area contributed by atoms with Crippen LogP contribution in [0.25, 0.3) is 0 Å². The minimum Gasteiger partial charge on any atom is -0.326 e. The highest BCUT2D eigenvalue weighted by atomic mass is 32.2. The molecule has 2 rings (SSSR count). The largest absolute Gasteiger partial charge is 0.326 e. The fourth-order valence-electron chi connectivity index (χ4n) is 2.81. The lowest BCUT2D eigenvalue weighted by molar-refractivity contribution is 0.551. The SMILES string of the molecule is CCc1ccc(CN)cc1S(=O)(=O)NC1CCC(SC)C1. The van der Waals surface area contributed by atoms with Crippen LogP contribution in [0.3, 0.4) is 0 Å². The van der Waals surface area contributed by atoms with E-state index >= 15 is 0 Å². The van der Waals surface area contributed by atoms with Gasteiger partial charge in [0, 0.05) is 17.8 Å². The van der Waals surface area contributed by atoms with Gasteiger partial charge in [0.05, 0.1) is 4.90 Å². The average molecular weight is 329 g/mol. The van der Waals surface area contributed by atoms with Crippen LogP contribution in [0.2, 0.25) is 0 Å². The lowest BCUT2D eigenvalue weighted by Crippen LogP contribution is -2.33. The van der Waals surface area contributed by atoms with Gasteiger partial charge in [-0.15, -0.1) is 0 Å². The molecular formula is C15H24N2O2S2. The molecule has 2 atom stereocenters. The van der Waals surface area contributed by atoms with Gasteiger partial charge < -0.3 is 5.73 Å². The Morgan fingerprint density at radius 2 is 2.14 bits per heavy atom. The van der Waals surface area contributed by atoms with Crippen LogP contribution in [0.5, 0.6) is 0 Å². The molecule has 0 aromatic heterocycles. The fourth-order valence-corrected chi connectivity index (χ4v) is 5.25. The lowest BCUT2D eigenvalue weighted by Gasteiger charge is -2.16. The summed E-state index contributed by atoms with van der Waals surface area (Å²) in [7, 11) is -3.47. The van der Waals surface area contributed by atoms with Gasteiger partial charge in [-0.25, -0.2) is 13.1 Å². The standard InChI is InChI=1S/C15H24N2O2S2/c1-3-12-5-4-11(10-16)8-15(12)21(18,19)17-13-6-7-14(9-13)20-2/h4-5,8,13-14,17H,3,6-7,9-10,16H2,1-2H3. The molecule has 1 aliphatic carbocycles. The summed E-state index contributed by atoms with van der Waals surface area (Å²) in [5.74, 6) is 0. The van der Waals surface area contributed by atoms with Crippen molar-refractivity contribution in [1.82, 2.24) is 4.72 Å². The number of hydrogen-bond donors (Lipinski definition) is 2. The van der Waals surface area contributed by atoms with Crippen molar-refractivity contribution >= 4 is 21.8 Å². The molecule has 0 amide bonds. The second kappa shape index (κ2) is 7.13. The first-order chi connectivity index (χ1) is 10.00. The predicted molar refractivity (Wildman–Crippen MR) is 89.0 cm³/mol. The highest BCUT2D eigenvalue weighted by Gasteiger charge is 2.29. The number of nitrogens with one attached hydrogen (secondary N) is 1. The molecule has 0 spiro atoms. The summed E-state index contributed by atoms with van der Waals surface area (Å²) in [4.78, 5) is 0.389. The first kappa shape index (κ1) is 16.8. The maximum atomic E-state index is 12.7. The molecule has 1 fully saturated rings. The molecule has 1 aromatic rings. The van der Waals surface area contributed by atoms with Crippen LogP contribution in [-0.4, -0.2) is 26.0 Å². The monoisotopic (exact) mass is 328 g/mol. The number of benzene rings is 1. The van der Waals surface area contributed by atoms with Crippen molar-refractivity contribution in [3.63, 3.8) is 0 Å². The highest BCUT2D eigenvalue weighted by molar-refractivity contribution is 7.99. The van der Waals surface area contributed by atoms with Crippen LogP contribution in [-0.2, 0) is 23.0 Å². The van der Waals surface area contributed by atoms with Gasteiger partial charge in [-0.1, -0.05) is 19.1 Å². The first-order valence-electron chi connectivity index (χ1n) is 7.37. The number of hydrogen-bond acceptors (Lipinski definition) is 4. The Morgan fingerprint density at radius 1 is 1.38 bits per heavy atom. The zero-order valence-electron chi connectivity index (χ0n) is 12.6. The number of aryl methyl sites for hydroxylation is 1. The smallest absolute Gasteiger partial charge is 0.241 e. The van der Waals surface area contributed by atoms with Crippen LogP contribution in [0.1, 0.15) is 37.3 Å². The summed E-state index contributed by atoms with van der Waals surface area (Å²) in [6.07, 6.45) is 5.69. The quantitative estimate of drug-likeness (QED) is 0.840. The van der Waals surface area contributed by atoms with Gasteiger partial charge in [0.15, 0.2) is 0 Å². The maximum absolute atomic E-state index is 12.7. The summed E-state index contributed by atoms with van der Waals surface area (Å²) in [6.45, 7) is 2.32. The average Bonchev–Trinajstić information content (AvgIpc) is 2.93. The van der Waals surface area contributed by atoms with E-state index in [1.165, 1.54) is 0 Å². The zero-order chi connectivity index (χ0) is 15.5. The van der Waals surface area contributed by atoms with E-state index in [-0.39, 0.29) is 6.04 Å². The third kappa shape index (κ3) is 4.00. The summed E-state index contributed by atoms with van der Waals surface area (Å²) in [6, 6.07) is 5.54. The number of nitrogens with two attached hydrogens (primary N) is 1. The molecular weight excluding hydrogens is 304 g/mol. The molecule has 1 saturated carbocycles. The van der Waals surface area contributed by atoms with Crippen molar-refractivity contribution in [3.8, 4) is 0 Å². The number of sulfonamides is 1. The van der Waals surface area contributed by atoms with Crippen molar-refractivity contribution < 1.29 is 8.42 Å². The van der Waals surface area contributed by atoms with Crippen LogP contribution < -0.4 is 10.5 Å². The molecule has 118 valence electrons. The Kier molecular flexibility index (Phi) is 5.71. The van der Waals surface area contributed by atoms with Gasteiger partial charge in [0.2, 0.25) is 10.0 Å². The Hall–Kier alpha value is -0.560. The molecule has 0 saturated heterocycles. The minimum atomic E-state index is -3.47. The van der Waals surface area contributed by atoms with E-state index in [0.29, 0.717) is 23.1 Å². The Labute approximate surface area is 131 Å². The zero-order valence-corrected chi connectivity index (χ0v) is 14.3. The van der Waals surface area contributed by atoms with Gasteiger partial charge in [0.25, 0.3) is 0 Å². The topological polar surface area (TPSA) is 72.2 Å². The summed E-state index contributed by atoms with van der Waals surface area (Å²) >= 11 is 1.82. The van der Waals surface area contributed by atoms with E-state index in [4.69, 9.17) is 5.73 Å². The van der Waals surface area contributed by atoms with Gasteiger partial charge in [-0.3, -0.25) is 0 Å². The summed E-state index contributed by atoms with van der Waals surface area (Å²) < 4.78 is 28.2. The highest BCUT2D eigenvalue weighted by Crippen LogP contribution is 2.29. The van der Waals surface area contributed by atoms with E-state index in [0.717, 1.165) is 30.4 Å². The minimum absolute atomic E-state index is 0.0543. The van der Waals surface area contributed by atoms with Gasteiger partial charge in [0.1, 0.15) is 0 Å². The summed E-state index contributed by atoms with van der Waals surface area (Å²) in [5, 5.41) is 0.568. The number of rotatable bonds is 6. The molecule has 1 aliphatic rings. The van der Waals surface area contributed by atoms with Crippen molar-refractivity contribution in [2.24, 2.45) is 5.73 Å². The van der Waals surface area contributed by atoms with E-state index in [1.807, 2.05) is 30.8 Å². The molecule has 1 aromatic carbocycles. The molecule has 0 aliphatic heterocycles. The van der Waals surface area contributed by atoms with E-state index in [1.54, 1.807) is 6.07 Å². The van der Waals surface area contributed by atoms with Gasteiger partial charge >= 0.3 is 0 Å². The summed E-state index contributed by atoms with van der Waals surface area (Å²) in [5.41, 5.74) is 7.33. The second-order valence-corrected chi connectivity index (χ2v) is 8.31. The first-order valence-corrected chi connectivity index (χ1v) is 10.1. The third-order valence-electron chi connectivity index (χ3n) is 4.08. The van der Waals surface area contributed by atoms with Crippen molar-refractivity contribution in [2.75, 3.05) is 6.26 Å². The van der Waals surface area contributed by atoms with Crippen molar-refractivity contribution in [2.45, 2.75) is 55.3 Å². The van der Waals surface area contributed by atoms with Gasteiger partial charge in [-0.05, 0) is 49.1 Å². The lowest BCUT2D eigenvalue weighted by atomic mass is 10.1. The van der Waals surface area contributed by atoms with Crippen LogP contribution in [0, 0.1) is 0 Å². The molecule has 21 heavy (non-hydrogen) atoms. The maximum Gasteiger partial charge on any atom is 0.241 e. The van der Waals surface area contributed by atoms with Crippen molar-refractivity contribution in [1.29, 1.82) is 0 Å². The third-order valence-corrected chi connectivity index (χ3v) is 6.77. The van der Waals surface area contributed by atoms with Crippen molar-refractivity contribution in [3.05, 3.63) is 29.3 Å². The normalized spacial score (nSPS) is 22.6. The molecule has 0 heterocycles. The molecule has 2 unspecified atom stereocenters. The van der Waals surface area contributed by atoms with E-state index in [2.05, 4.69) is 11.0 Å². The van der Waals surface area contributed by atoms with E-state index in [9.17, 15) is 8.42 Å². The van der Waals surface area contributed by atoms with Gasteiger partial charge in [-0.2, -0.15) is 11.8 Å². The second-order valence-electron chi connectivity index (χ2n) is 5.49. The van der Waals surface area contributed by atoms with Crippen LogP contribution in [0.4, 0.5) is 0 Å². The molecule has 0 radical (unpaired) electrons. The predicted octanol–water partition coefficient (Wildman–Crippen LogP) is 2.27. The fraction of sp³-hybridized carbons (Fsp3) is 0.600. The van der Waals surface area contributed by atoms with Crippen LogP contribution in [0.15, 0.2) is 23.1 Å². The Bertz CT molecular complexity index is 587. The van der Waals surface area contributed by atoms with E-state index < -0.39 is 10.0 Å². The Balaban J connectivity index is 2.23.